The minimum absolute atomic E-state index is 0.212. The van der Waals surface area contributed by atoms with Crippen molar-refractivity contribution in [1.82, 2.24) is 4.90 Å². The fraction of sp³-hybridized carbons (Fsp3) is 0.625. The van der Waals surface area contributed by atoms with Gasteiger partial charge >= 0.3 is 0 Å². The average molecular weight is 263 g/mol. The second-order valence-electron chi connectivity index (χ2n) is 5.74. The van der Waals surface area contributed by atoms with Crippen LogP contribution >= 0.6 is 0 Å². The van der Waals surface area contributed by atoms with Crippen LogP contribution in [-0.2, 0) is 6.54 Å². The Kier molecular flexibility index (Phi) is 5.23. The van der Waals surface area contributed by atoms with Crippen molar-refractivity contribution in [3.05, 3.63) is 29.8 Å². The molecule has 1 aromatic carbocycles. The van der Waals surface area contributed by atoms with Gasteiger partial charge in [0, 0.05) is 19.7 Å². The maximum Gasteiger partial charge on any atom is 0.120 e. The molecule has 3 nitrogen and oxygen atoms in total. The van der Waals surface area contributed by atoms with Gasteiger partial charge in [0.15, 0.2) is 0 Å². The van der Waals surface area contributed by atoms with Crippen molar-refractivity contribution in [2.45, 2.75) is 39.3 Å². The van der Waals surface area contributed by atoms with E-state index in [1.54, 1.807) is 0 Å². The molecule has 0 amide bonds. The van der Waals surface area contributed by atoms with Gasteiger partial charge < -0.3 is 9.84 Å². The van der Waals surface area contributed by atoms with Gasteiger partial charge in [0.1, 0.15) is 5.75 Å². The first-order valence-electron chi connectivity index (χ1n) is 7.26. The molecule has 19 heavy (non-hydrogen) atoms. The molecule has 1 fully saturated rings. The zero-order valence-electron chi connectivity index (χ0n) is 12.0. The van der Waals surface area contributed by atoms with Crippen LogP contribution in [0.1, 0.15) is 32.3 Å². The molecule has 0 bridgehead atoms. The number of benzene rings is 1. The predicted octanol–water partition coefficient (Wildman–Crippen LogP) is 2.68. The number of aliphatic hydroxyl groups is 1. The molecule has 1 aliphatic rings. The molecule has 0 aromatic heterocycles. The summed E-state index contributed by atoms with van der Waals surface area (Å²) in [4.78, 5) is 2.43. The van der Waals surface area contributed by atoms with Crippen molar-refractivity contribution < 1.29 is 9.84 Å². The first kappa shape index (κ1) is 14.4. The molecule has 1 aromatic rings. The normalized spacial score (nSPS) is 20.7. The molecule has 0 radical (unpaired) electrons. The highest BCUT2D eigenvalue weighted by Crippen LogP contribution is 2.20. The van der Waals surface area contributed by atoms with Gasteiger partial charge in [-0.1, -0.05) is 12.1 Å². The number of nitrogens with zero attached hydrogens (tertiary/aromatic N) is 1. The highest BCUT2D eigenvalue weighted by Gasteiger charge is 2.19. The van der Waals surface area contributed by atoms with Gasteiger partial charge in [-0.3, -0.25) is 4.90 Å². The third-order valence-electron chi connectivity index (χ3n) is 3.54. The zero-order chi connectivity index (χ0) is 13.7. The fourth-order valence-electron chi connectivity index (χ4n) is 2.69. The smallest absolute Gasteiger partial charge is 0.120 e. The molecule has 2 rings (SSSR count). The lowest BCUT2D eigenvalue weighted by atomic mass is 9.98. The Hall–Kier alpha value is -1.06. The summed E-state index contributed by atoms with van der Waals surface area (Å²) in [6.07, 6.45) is 2.56. The molecular weight excluding hydrogens is 238 g/mol. The fourth-order valence-corrected chi connectivity index (χ4v) is 2.69. The summed E-state index contributed by atoms with van der Waals surface area (Å²) in [5, 5.41) is 9.27. The molecule has 1 N–H and O–H groups in total. The Morgan fingerprint density at radius 3 is 3.00 bits per heavy atom. The maximum atomic E-state index is 9.27. The third kappa shape index (κ3) is 4.51. The third-order valence-corrected chi connectivity index (χ3v) is 3.54. The van der Waals surface area contributed by atoms with Gasteiger partial charge in [-0.05, 0) is 56.8 Å². The number of piperidine rings is 1. The van der Waals surface area contributed by atoms with Crippen LogP contribution in [0.15, 0.2) is 24.3 Å². The van der Waals surface area contributed by atoms with Crippen molar-refractivity contribution in [3.63, 3.8) is 0 Å². The lowest BCUT2D eigenvalue weighted by Gasteiger charge is -2.31. The number of hydrogen-bond acceptors (Lipinski definition) is 3. The number of hydrogen-bond donors (Lipinski definition) is 1. The van der Waals surface area contributed by atoms with E-state index in [2.05, 4.69) is 23.1 Å². The summed E-state index contributed by atoms with van der Waals surface area (Å²) in [6, 6.07) is 8.34. The highest BCUT2D eigenvalue weighted by molar-refractivity contribution is 5.28. The molecule has 1 saturated heterocycles. The topological polar surface area (TPSA) is 32.7 Å². The van der Waals surface area contributed by atoms with Gasteiger partial charge in [-0.15, -0.1) is 0 Å². The number of aliphatic hydroxyl groups excluding tert-OH is 1. The van der Waals surface area contributed by atoms with Gasteiger partial charge in [-0.25, -0.2) is 0 Å². The van der Waals surface area contributed by atoms with E-state index < -0.39 is 0 Å². The van der Waals surface area contributed by atoms with Crippen molar-refractivity contribution in [2.24, 2.45) is 5.92 Å². The minimum atomic E-state index is 0.212. The molecule has 1 heterocycles. The van der Waals surface area contributed by atoms with E-state index in [4.69, 9.17) is 4.74 Å². The second-order valence-corrected chi connectivity index (χ2v) is 5.74. The Morgan fingerprint density at radius 1 is 1.42 bits per heavy atom. The van der Waals surface area contributed by atoms with Crippen LogP contribution < -0.4 is 4.74 Å². The van der Waals surface area contributed by atoms with Crippen molar-refractivity contribution in [2.75, 3.05) is 19.7 Å². The summed E-state index contributed by atoms with van der Waals surface area (Å²) in [5.74, 6) is 1.40. The zero-order valence-corrected chi connectivity index (χ0v) is 12.0. The first-order valence-corrected chi connectivity index (χ1v) is 7.26. The Labute approximate surface area is 116 Å². The maximum absolute atomic E-state index is 9.27. The predicted molar refractivity (Wildman–Crippen MR) is 77.3 cm³/mol. The number of rotatable bonds is 5. The number of ether oxygens (including phenoxy) is 1. The standard InChI is InChI=1S/C16H25NO2/c1-13(2)19-16-7-3-5-14(9-16)10-17-8-4-6-15(11-17)12-18/h3,5,7,9,13,15,18H,4,6,8,10-12H2,1-2H3. The van der Waals surface area contributed by atoms with E-state index in [9.17, 15) is 5.11 Å². The highest BCUT2D eigenvalue weighted by atomic mass is 16.5. The molecule has 3 heteroatoms. The number of likely N-dealkylation sites (tertiary alicyclic amines) is 1. The summed E-state index contributed by atoms with van der Waals surface area (Å²) >= 11 is 0. The Bertz CT molecular complexity index is 392. The Morgan fingerprint density at radius 2 is 2.26 bits per heavy atom. The second kappa shape index (κ2) is 6.92. The molecule has 0 aliphatic carbocycles. The lowest BCUT2D eigenvalue weighted by molar-refractivity contribution is 0.116. The van der Waals surface area contributed by atoms with Gasteiger partial charge in [0.2, 0.25) is 0 Å². The SMILES string of the molecule is CC(C)Oc1cccc(CN2CCCC(CO)C2)c1. The molecular formula is C16H25NO2. The van der Waals surface area contributed by atoms with E-state index in [0.717, 1.165) is 31.8 Å². The van der Waals surface area contributed by atoms with E-state index in [1.807, 2.05) is 19.9 Å². The van der Waals surface area contributed by atoms with Gasteiger partial charge in [-0.2, -0.15) is 0 Å². The van der Waals surface area contributed by atoms with Crippen LogP contribution in [0.2, 0.25) is 0 Å². The van der Waals surface area contributed by atoms with E-state index in [1.165, 1.54) is 12.0 Å². The quantitative estimate of drug-likeness (QED) is 0.886. The van der Waals surface area contributed by atoms with Gasteiger partial charge in [0.05, 0.1) is 6.10 Å². The van der Waals surface area contributed by atoms with Gasteiger partial charge in [0.25, 0.3) is 0 Å². The van der Waals surface area contributed by atoms with Crippen LogP contribution in [-0.4, -0.2) is 35.8 Å². The molecule has 1 unspecified atom stereocenters. The van der Waals surface area contributed by atoms with Crippen molar-refractivity contribution in [3.8, 4) is 5.75 Å². The van der Waals surface area contributed by atoms with Crippen LogP contribution in [0, 0.1) is 5.92 Å². The molecule has 0 saturated carbocycles. The summed E-state index contributed by atoms with van der Waals surface area (Å²) in [5.41, 5.74) is 1.29. The monoisotopic (exact) mass is 263 g/mol. The van der Waals surface area contributed by atoms with Crippen LogP contribution in [0.3, 0.4) is 0 Å². The van der Waals surface area contributed by atoms with Crippen LogP contribution in [0.4, 0.5) is 0 Å². The van der Waals surface area contributed by atoms with Crippen LogP contribution in [0.5, 0.6) is 5.75 Å². The van der Waals surface area contributed by atoms with Crippen molar-refractivity contribution in [1.29, 1.82) is 0 Å². The van der Waals surface area contributed by atoms with Crippen molar-refractivity contribution >= 4 is 0 Å². The minimum Gasteiger partial charge on any atom is -0.491 e. The average Bonchev–Trinajstić information content (AvgIpc) is 2.38. The molecule has 1 atom stereocenters. The molecule has 1 aliphatic heterocycles. The largest absolute Gasteiger partial charge is 0.491 e. The Balaban J connectivity index is 1.94. The summed E-state index contributed by atoms with van der Waals surface area (Å²) in [6.45, 7) is 7.49. The summed E-state index contributed by atoms with van der Waals surface area (Å²) in [7, 11) is 0. The molecule has 0 spiro atoms. The van der Waals surface area contributed by atoms with E-state index in [-0.39, 0.29) is 6.10 Å². The summed E-state index contributed by atoms with van der Waals surface area (Å²) < 4.78 is 5.73. The first-order chi connectivity index (χ1) is 9.17. The van der Waals surface area contributed by atoms with E-state index >= 15 is 0 Å². The van der Waals surface area contributed by atoms with Crippen LogP contribution in [0.25, 0.3) is 0 Å². The molecule has 106 valence electrons. The van der Waals surface area contributed by atoms with E-state index in [0.29, 0.717) is 12.5 Å². The lowest BCUT2D eigenvalue weighted by Crippen LogP contribution is -2.36.